The highest BCUT2D eigenvalue weighted by molar-refractivity contribution is 4.99. The van der Waals surface area contributed by atoms with Crippen molar-refractivity contribution in [2.45, 2.75) is 58.2 Å². The maximum absolute atomic E-state index is 9.01. The van der Waals surface area contributed by atoms with Crippen LogP contribution in [0.2, 0.25) is 0 Å². The van der Waals surface area contributed by atoms with Gasteiger partial charge in [-0.3, -0.25) is 4.90 Å². The number of aliphatic hydroxyl groups excluding tert-OH is 1. The fourth-order valence-electron chi connectivity index (χ4n) is 2.55. The second-order valence-electron chi connectivity index (χ2n) is 5.21. The summed E-state index contributed by atoms with van der Waals surface area (Å²) in [6.07, 6.45) is 9.92. The fraction of sp³-hybridized carbons (Fsp3) is 0.786. The molecule has 4 heteroatoms. The SMILES string of the molecule is CCCn1cncc1CN(CCCO)C1CCC1. The summed E-state index contributed by atoms with van der Waals surface area (Å²) in [5.74, 6) is 0. The highest BCUT2D eigenvalue weighted by atomic mass is 16.3. The van der Waals surface area contributed by atoms with Crippen LogP contribution in [0.4, 0.5) is 0 Å². The average molecular weight is 251 g/mol. The molecule has 2 rings (SSSR count). The third-order valence-electron chi connectivity index (χ3n) is 3.82. The lowest BCUT2D eigenvalue weighted by Gasteiger charge is -2.37. The second kappa shape index (κ2) is 6.90. The Kier molecular flexibility index (Phi) is 5.20. The van der Waals surface area contributed by atoms with Gasteiger partial charge in [-0.2, -0.15) is 0 Å². The van der Waals surface area contributed by atoms with Crippen LogP contribution in [0, 0.1) is 0 Å². The third kappa shape index (κ3) is 3.33. The van der Waals surface area contributed by atoms with E-state index in [0.29, 0.717) is 0 Å². The molecule has 4 nitrogen and oxygen atoms in total. The first-order valence-electron chi connectivity index (χ1n) is 7.19. The van der Waals surface area contributed by atoms with Crippen LogP contribution >= 0.6 is 0 Å². The summed E-state index contributed by atoms with van der Waals surface area (Å²) in [6, 6.07) is 0.724. The number of imidazole rings is 1. The second-order valence-corrected chi connectivity index (χ2v) is 5.21. The number of hydrogen-bond acceptors (Lipinski definition) is 3. The molecule has 1 saturated carbocycles. The van der Waals surface area contributed by atoms with Gasteiger partial charge in [-0.1, -0.05) is 13.3 Å². The molecule has 1 aliphatic rings. The van der Waals surface area contributed by atoms with Gasteiger partial charge in [0, 0.05) is 38.5 Å². The van der Waals surface area contributed by atoms with Gasteiger partial charge in [-0.25, -0.2) is 4.98 Å². The fourth-order valence-corrected chi connectivity index (χ4v) is 2.55. The maximum Gasteiger partial charge on any atom is 0.0948 e. The van der Waals surface area contributed by atoms with Crippen molar-refractivity contribution in [3.05, 3.63) is 18.2 Å². The van der Waals surface area contributed by atoms with Crippen molar-refractivity contribution in [1.29, 1.82) is 0 Å². The van der Waals surface area contributed by atoms with Crippen molar-refractivity contribution in [1.82, 2.24) is 14.5 Å². The summed E-state index contributed by atoms with van der Waals surface area (Å²) in [7, 11) is 0. The van der Waals surface area contributed by atoms with Crippen molar-refractivity contribution in [2.24, 2.45) is 0 Å². The van der Waals surface area contributed by atoms with Crippen molar-refractivity contribution in [2.75, 3.05) is 13.2 Å². The number of aryl methyl sites for hydroxylation is 1. The molecule has 1 aliphatic carbocycles. The van der Waals surface area contributed by atoms with Crippen LogP contribution in [0.5, 0.6) is 0 Å². The summed E-state index contributed by atoms with van der Waals surface area (Å²) in [6.45, 7) is 5.51. The van der Waals surface area contributed by atoms with E-state index >= 15 is 0 Å². The average Bonchev–Trinajstić information content (AvgIpc) is 2.72. The Hall–Kier alpha value is -0.870. The predicted octanol–water partition coefficient (Wildman–Crippen LogP) is 2.03. The Labute approximate surface area is 110 Å². The Balaban J connectivity index is 1.95. The van der Waals surface area contributed by atoms with Gasteiger partial charge >= 0.3 is 0 Å². The Morgan fingerprint density at radius 3 is 2.94 bits per heavy atom. The van der Waals surface area contributed by atoms with Crippen molar-refractivity contribution in [3.8, 4) is 0 Å². The first-order chi connectivity index (χ1) is 8.85. The largest absolute Gasteiger partial charge is 0.396 e. The molecule has 0 amide bonds. The maximum atomic E-state index is 9.01. The lowest BCUT2D eigenvalue weighted by Crippen LogP contribution is -2.40. The number of rotatable bonds is 8. The first-order valence-corrected chi connectivity index (χ1v) is 7.19. The summed E-state index contributed by atoms with van der Waals surface area (Å²) < 4.78 is 2.25. The zero-order valence-electron chi connectivity index (χ0n) is 11.4. The normalized spacial score (nSPS) is 16.2. The molecule has 0 spiro atoms. The molecule has 18 heavy (non-hydrogen) atoms. The topological polar surface area (TPSA) is 41.3 Å². The van der Waals surface area contributed by atoms with E-state index in [0.717, 1.165) is 38.5 Å². The van der Waals surface area contributed by atoms with Gasteiger partial charge in [-0.15, -0.1) is 0 Å². The molecule has 0 unspecified atom stereocenters. The van der Waals surface area contributed by atoms with Crippen LogP contribution < -0.4 is 0 Å². The molecule has 0 atom stereocenters. The van der Waals surface area contributed by atoms with Crippen LogP contribution in [0.3, 0.4) is 0 Å². The summed E-state index contributed by atoms with van der Waals surface area (Å²) in [5.41, 5.74) is 1.31. The van der Waals surface area contributed by atoms with Gasteiger partial charge in [0.1, 0.15) is 0 Å². The zero-order valence-corrected chi connectivity index (χ0v) is 11.4. The van der Waals surface area contributed by atoms with E-state index in [1.165, 1.54) is 25.0 Å². The van der Waals surface area contributed by atoms with Gasteiger partial charge in [0.05, 0.1) is 12.0 Å². The zero-order chi connectivity index (χ0) is 12.8. The Morgan fingerprint density at radius 2 is 2.33 bits per heavy atom. The minimum absolute atomic E-state index is 0.289. The number of nitrogens with zero attached hydrogens (tertiary/aromatic N) is 3. The molecule has 0 bridgehead atoms. The smallest absolute Gasteiger partial charge is 0.0948 e. The van der Waals surface area contributed by atoms with E-state index in [9.17, 15) is 0 Å². The van der Waals surface area contributed by atoms with Crippen molar-refractivity contribution < 1.29 is 5.11 Å². The predicted molar refractivity (Wildman–Crippen MR) is 72.3 cm³/mol. The Bertz CT molecular complexity index is 347. The van der Waals surface area contributed by atoms with Crippen LogP contribution in [-0.2, 0) is 13.1 Å². The molecule has 0 radical (unpaired) electrons. The first kappa shape index (κ1) is 13.6. The number of hydrogen-bond donors (Lipinski definition) is 1. The van der Waals surface area contributed by atoms with Gasteiger partial charge in [-0.05, 0) is 25.7 Å². The molecule has 1 aromatic heterocycles. The molecule has 0 aromatic carbocycles. The quantitative estimate of drug-likeness (QED) is 0.768. The Morgan fingerprint density at radius 1 is 1.50 bits per heavy atom. The monoisotopic (exact) mass is 251 g/mol. The number of aromatic nitrogens is 2. The van der Waals surface area contributed by atoms with E-state index < -0.39 is 0 Å². The third-order valence-corrected chi connectivity index (χ3v) is 3.82. The van der Waals surface area contributed by atoms with E-state index in [4.69, 9.17) is 5.11 Å². The summed E-state index contributed by atoms with van der Waals surface area (Å²) in [4.78, 5) is 6.78. The molecule has 102 valence electrons. The highest BCUT2D eigenvalue weighted by Gasteiger charge is 2.25. The molecule has 1 heterocycles. The number of aliphatic hydroxyl groups is 1. The lowest BCUT2D eigenvalue weighted by atomic mass is 9.91. The van der Waals surface area contributed by atoms with Gasteiger partial charge in [0.15, 0.2) is 0 Å². The van der Waals surface area contributed by atoms with Crippen molar-refractivity contribution in [3.63, 3.8) is 0 Å². The van der Waals surface area contributed by atoms with Gasteiger partial charge in [0.25, 0.3) is 0 Å². The van der Waals surface area contributed by atoms with Crippen LogP contribution in [0.25, 0.3) is 0 Å². The molecular weight excluding hydrogens is 226 g/mol. The molecule has 1 aromatic rings. The minimum Gasteiger partial charge on any atom is -0.396 e. The molecule has 1 fully saturated rings. The van der Waals surface area contributed by atoms with E-state index in [-0.39, 0.29) is 6.61 Å². The van der Waals surface area contributed by atoms with E-state index in [1.807, 2.05) is 12.5 Å². The minimum atomic E-state index is 0.289. The standard InChI is InChI=1S/C14H25N3O/c1-2-7-17-12-15-10-14(17)11-16(8-4-9-18)13-5-3-6-13/h10,12-13,18H,2-9,11H2,1H3. The highest BCUT2D eigenvalue weighted by Crippen LogP contribution is 2.26. The lowest BCUT2D eigenvalue weighted by molar-refractivity contribution is 0.107. The van der Waals surface area contributed by atoms with Gasteiger partial charge < -0.3 is 9.67 Å². The molecule has 1 N–H and O–H groups in total. The van der Waals surface area contributed by atoms with Crippen molar-refractivity contribution >= 4 is 0 Å². The summed E-state index contributed by atoms with van der Waals surface area (Å²) >= 11 is 0. The molecule has 0 saturated heterocycles. The van der Waals surface area contributed by atoms with Crippen LogP contribution in [-0.4, -0.2) is 38.8 Å². The molecule has 0 aliphatic heterocycles. The van der Waals surface area contributed by atoms with Gasteiger partial charge in [0.2, 0.25) is 0 Å². The van der Waals surface area contributed by atoms with E-state index in [2.05, 4.69) is 21.4 Å². The summed E-state index contributed by atoms with van der Waals surface area (Å²) in [5, 5.41) is 9.01. The van der Waals surface area contributed by atoms with Crippen LogP contribution in [0.15, 0.2) is 12.5 Å². The molecular formula is C14H25N3O. The van der Waals surface area contributed by atoms with Crippen LogP contribution in [0.1, 0.15) is 44.7 Å². The van der Waals surface area contributed by atoms with E-state index in [1.54, 1.807) is 0 Å².